The minimum Gasteiger partial charge on any atom is -0.399 e. The molecule has 1 fully saturated rings. The Hall–Kier alpha value is -3.93. The Balaban J connectivity index is 0.000000672. The SMILES string of the molecule is C=O.C=O.CC(=O)c1ccc(C)c(C2=C(C)CCC(C)C2)c1.CC1CCCC(C)CC1.CCc1ccc(C(C)(F)F)cc1.CCc1cccc(N)c1. The molecule has 3 aromatic rings. The molecule has 3 aromatic carbocycles. The summed E-state index contributed by atoms with van der Waals surface area (Å²) in [5.74, 6) is 0.207. The number of allylic oxidation sites excluding steroid dienone is 2. The summed E-state index contributed by atoms with van der Waals surface area (Å²) in [5.41, 5.74) is 15.2. The van der Waals surface area contributed by atoms with E-state index in [1.165, 1.54) is 84.9 Å². The second-order valence-corrected chi connectivity index (χ2v) is 14.4. The van der Waals surface area contributed by atoms with Crippen molar-refractivity contribution < 1.29 is 23.2 Å². The van der Waals surface area contributed by atoms with Crippen molar-refractivity contribution in [2.24, 2.45) is 17.8 Å². The zero-order chi connectivity index (χ0) is 39.9. The third kappa shape index (κ3) is 18.5. The summed E-state index contributed by atoms with van der Waals surface area (Å²) in [5, 5.41) is 0. The molecule has 288 valence electrons. The molecule has 4 nitrogen and oxygen atoms in total. The lowest BCUT2D eigenvalue weighted by atomic mass is 9.81. The normalized spacial score (nSPS) is 18.0. The lowest BCUT2D eigenvalue weighted by Crippen LogP contribution is -2.07. The highest BCUT2D eigenvalue weighted by molar-refractivity contribution is 5.95. The molecule has 2 aliphatic carbocycles. The molecule has 0 spiro atoms. The van der Waals surface area contributed by atoms with Gasteiger partial charge in [0.2, 0.25) is 0 Å². The lowest BCUT2D eigenvalue weighted by Gasteiger charge is -2.24. The average molecular weight is 720 g/mol. The minimum absolute atomic E-state index is 0.0831. The molecule has 2 N–H and O–H groups in total. The second kappa shape index (κ2) is 25.9. The molecule has 6 heteroatoms. The quantitative estimate of drug-likeness (QED) is 0.162. The first-order chi connectivity index (χ1) is 24.6. The first kappa shape index (κ1) is 48.1. The van der Waals surface area contributed by atoms with Crippen LogP contribution in [-0.2, 0) is 28.4 Å². The zero-order valence-electron chi connectivity index (χ0n) is 33.6. The Morgan fingerprint density at radius 1 is 0.769 bits per heavy atom. The predicted octanol–water partition coefficient (Wildman–Crippen LogP) is 12.8. The third-order valence-electron chi connectivity index (χ3n) is 9.82. The molecule has 3 atom stereocenters. The number of hydrogen-bond donors (Lipinski definition) is 1. The van der Waals surface area contributed by atoms with Crippen molar-refractivity contribution >= 4 is 30.6 Å². The minimum atomic E-state index is -2.72. The van der Waals surface area contributed by atoms with Gasteiger partial charge in [-0.1, -0.05) is 121 Å². The number of benzene rings is 3. The molecule has 5 rings (SSSR count). The van der Waals surface area contributed by atoms with Crippen molar-refractivity contribution in [3.05, 3.63) is 106 Å². The fourth-order valence-corrected chi connectivity index (χ4v) is 6.26. The van der Waals surface area contributed by atoms with E-state index in [9.17, 15) is 13.6 Å². The van der Waals surface area contributed by atoms with Gasteiger partial charge < -0.3 is 15.3 Å². The van der Waals surface area contributed by atoms with Gasteiger partial charge in [-0.3, -0.25) is 4.79 Å². The van der Waals surface area contributed by atoms with Crippen LogP contribution in [0.1, 0.15) is 145 Å². The molecular formula is C46H67F2NO3. The third-order valence-corrected chi connectivity index (χ3v) is 9.82. The van der Waals surface area contributed by atoms with E-state index in [1.54, 1.807) is 19.1 Å². The Labute approximate surface area is 314 Å². The first-order valence-electron chi connectivity index (χ1n) is 18.8. The molecule has 0 saturated heterocycles. The number of halogens is 2. The lowest BCUT2D eigenvalue weighted by molar-refractivity contribution is -0.0987. The van der Waals surface area contributed by atoms with E-state index in [-0.39, 0.29) is 11.3 Å². The molecule has 52 heavy (non-hydrogen) atoms. The van der Waals surface area contributed by atoms with Crippen molar-refractivity contribution in [3.63, 3.8) is 0 Å². The molecule has 0 aromatic heterocycles. The number of carbonyl (C=O) groups is 3. The van der Waals surface area contributed by atoms with E-state index in [0.29, 0.717) is 0 Å². The van der Waals surface area contributed by atoms with Gasteiger partial charge in [0, 0.05) is 23.7 Å². The number of alkyl halides is 2. The molecule has 2 aliphatic rings. The highest BCUT2D eigenvalue weighted by atomic mass is 19.3. The highest BCUT2D eigenvalue weighted by Crippen LogP contribution is 2.37. The van der Waals surface area contributed by atoms with E-state index in [4.69, 9.17) is 15.3 Å². The van der Waals surface area contributed by atoms with Crippen LogP contribution in [-0.4, -0.2) is 19.4 Å². The maximum atomic E-state index is 12.7. The Kier molecular flexibility index (Phi) is 24.0. The first-order valence-corrected chi connectivity index (χ1v) is 18.8. The van der Waals surface area contributed by atoms with Crippen LogP contribution in [0.15, 0.2) is 72.3 Å². The Morgan fingerprint density at radius 3 is 1.79 bits per heavy atom. The van der Waals surface area contributed by atoms with E-state index < -0.39 is 5.92 Å². The molecule has 0 amide bonds. The molecule has 0 heterocycles. The van der Waals surface area contributed by atoms with Crippen LogP contribution in [0.2, 0.25) is 0 Å². The molecule has 0 bridgehead atoms. The number of nitrogen functional groups attached to an aromatic ring is 1. The predicted molar refractivity (Wildman–Crippen MR) is 218 cm³/mol. The van der Waals surface area contributed by atoms with Gasteiger partial charge in [-0.05, 0) is 117 Å². The van der Waals surface area contributed by atoms with Crippen LogP contribution in [0.3, 0.4) is 0 Å². The Morgan fingerprint density at radius 2 is 1.33 bits per heavy atom. The monoisotopic (exact) mass is 720 g/mol. The zero-order valence-corrected chi connectivity index (χ0v) is 33.6. The molecule has 3 unspecified atom stereocenters. The summed E-state index contributed by atoms with van der Waals surface area (Å²) >= 11 is 0. The van der Waals surface area contributed by atoms with Gasteiger partial charge in [-0.15, -0.1) is 0 Å². The maximum Gasteiger partial charge on any atom is 0.270 e. The van der Waals surface area contributed by atoms with Gasteiger partial charge in [0.15, 0.2) is 5.78 Å². The smallest absolute Gasteiger partial charge is 0.270 e. The summed E-state index contributed by atoms with van der Waals surface area (Å²) in [4.78, 5) is 27.5. The van der Waals surface area contributed by atoms with E-state index in [2.05, 4.69) is 59.7 Å². The number of nitrogens with two attached hydrogens (primary N) is 1. The van der Waals surface area contributed by atoms with Crippen LogP contribution in [0.25, 0.3) is 5.57 Å². The van der Waals surface area contributed by atoms with Crippen molar-refractivity contribution in [2.45, 2.75) is 132 Å². The molecule has 1 saturated carbocycles. The van der Waals surface area contributed by atoms with Crippen molar-refractivity contribution in [2.75, 3.05) is 5.73 Å². The number of rotatable bonds is 5. The standard InChI is InChI=1S/C17H22O.C10H12F2.C9H18.C8H11N.2CH2O/c1-11-5-6-12(2)16(9-11)17-10-15(14(4)18)8-7-13(17)3;1-3-8-4-6-9(7-5-8)10(2,11)12;1-8-4-3-5-9(2)7-6-8;1-2-7-4-3-5-8(9)6-7;2*1-2/h7-8,10-11H,5-6,9H2,1-4H3;4-7H,3H2,1-2H3;8-9H,3-7H2,1-2H3;3-6H,2,9H2,1H3;2*1H2. The van der Waals surface area contributed by atoms with Gasteiger partial charge >= 0.3 is 0 Å². The number of anilines is 1. The topological polar surface area (TPSA) is 77.2 Å². The molecule has 0 aliphatic heterocycles. The van der Waals surface area contributed by atoms with Gasteiger partial charge in [0.25, 0.3) is 5.92 Å². The van der Waals surface area contributed by atoms with Crippen LogP contribution in [0.5, 0.6) is 0 Å². The van der Waals surface area contributed by atoms with Crippen molar-refractivity contribution in [3.8, 4) is 0 Å². The fourth-order valence-electron chi connectivity index (χ4n) is 6.26. The van der Waals surface area contributed by atoms with E-state index >= 15 is 0 Å². The van der Waals surface area contributed by atoms with Crippen LogP contribution >= 0.6 is 0 Å². The van der Waals surface area contributed by atoms with Crippen LogP contribution < -0.4 is 5.73 Å². The number of ketones is 1. The van der Waals surface area contributed by atoms with Gasteiger partial charge in [-0.2, -0.15) is 0 Å². The van der Waals surface area contributed by atoms with E-state index in [0.717, 1.165) is 60.8 Å². The highest BCUT2D eigenvalue weighted by Gasteiger charge is 2.23. The van der Waals surface area contributed by atoms with Crippen molar-refractivity contribution in [1.29, 1.82) is 0 Å². The van der Waals surface area contributed by atoms with Crippen LogP contribution in [0, 0.1) is 24.7 Å². The summed E-state index contributed by atoms with van der Waals surface area (Å²) in [7, 11) is 0. The van der Waals surface area contributed by atoms with Gasteiger partial charge in [0.1, 0.15) is 13.6 Å². The number of carbonyl (C=O) groups excluding carboxylic acids is 3. The summed E-state index contributed by atoms with van der Waals surface area (Å²) in [6.07, 6.45) is 13.0. The second-order valence-electron chi connectivity index (χ2n) is 14.4. The van der Waals surface area contributed by atoms with Gasteiger partial charge in [0.05, 0.1) is 0 Å². The number of aryl methyl sites for hydroxylation is 3. The summed E-state index contributed by atoms with van der Waals surface area (Å²) in [6, 6.07) is 20.5. The number of Topliss-reactive ketones (excluding diaryl/α,β-unsaturated/α-hetero) is 1. The van der Waals surface area contributed by atoms with E-state index in [1.807, 2.05) is 44.8 Å². The average Bonchev–Trinajstić information content (AvgIpc) is 3.33. The van der Waals surface area contributed by atoms with Crippen LogP contribution in [0.4, 0.5) is 14.5 Å². The fraction of sp³-hybridized carbons (Fsp3) is 0.500. The molecule has 0 radical (unpaired) electrons. The number of hydrogen-bond acceptors (Lipinski definition) is 4. The van der Waals surface area contributed by atoms with Crippen molar-refractivity contribution in [1.82, 2.24) is 0 Å². The molecular weight excluding hydrogens is 653 g/mol. The largest absolute Gasteiger partial charge is 0.399 e. The summed E-state index contributed by atoms with van der Waals surface area (Å²) < 4.78 is 25.4. The maximum absolute atomic E-state index is 12.7. The van der Waals surface area contributed by atoms with Gasteiger partial charge in [-0.25, -0.2) is 8.78 Å². The Bertz CT molecular complexity index is 1460. The summed E-state index contributed by atoms with van der Waals surface area (Å²) in [6.45, 7) is 22.1.